The summed E-state index contributed by atoms with van der Waals surface area (Å²) < 4.78 is 6.32. The van der Waals surface area contributed by atoms with E-state index in [1.54, 1.807) is 6.20 Å². The van der Waals surface area contributed by atoms with Crippen molar-refractivity contribution < 1.29 is 9.53 Å². The Hall–Kier alpha value is -1.66. The summed E-state index contributed by atoms with van der Waals surface area (Å²) in [5.74, 6) is -0.162. The van der Waals surface area contributed by atoms with Gasteiger partial charge in [-0.05, 0) is 18.6 Å². The van der Waals surface area contributed by atoms with Gasteiger partial charge in [0.15, 0.2) is 0 Å². The summed E-state index contributed by atoms with van der Waals surface area (Å²) in [6.45, 7) is 3.86. The van der Waals surface area contributed by atoms with Crippen molar-refractivity contribution in [3.05, 3.63) is 23.2 Å². The van der Waals surface area contributed by atoms with Crippen LogP contribution in [0.4, 0.5) is 5.69 Å². The molecule has 2 aromatic heterocycles. The highest BCUT2D eigenvalue weighted by atomic mass is 32.1. The zero-order chi connectivity index (χ0) is 14.4. The van der Waals surface area contributed by atoms with Gasteiger partial charge in [0, 0.05) is 19.3 Å². The SMILES string of the molecule is CCCCOCCNC(=O)c1sc2cccnc2c1N. The van der Waals surface area contributed by atoms with E-state index in [1.165, 1.54) is 11.3 Å². The number of nitrogens with zero attached hydrogens (tertiary/aromatic N) is 1. The topological polar surface area (TPSA) is 77.2 Å². The number of aromatic nitrogens is 1. The predicted octanol–water partition coefficient (Wildman–Crippen LogP) is 2.42. The van der Waals surface area contributed by atoms with Gasteiger partial charge < -0.3 is 15.8 Å². The number of hydrogen-bond acceptors (Lipinski definition) is 5. The van der Waals surface area contributed by atoms with Gasteiger partial charge in [-0.25, -0.2) is 0 Å². The van der Waals surface area contributed by atoms with Gasteiger partial charge in [-0.3, -0.25) is 9.78 Å². The average Bonchev–Trinajstić information content (AvgIpc) is 2.80. The number of fused-ring (bicyclic) bond motifs is 1. The first-order valence-electron chi connectivity index (χ1n) is 6.73. The molecule has 0 unspecified atom stereocenters. The first-order chi connectivity index (χ1) is 9.74. The molecule has 0 spiro atoms. The van der Waals surface area contributed by atoms with Gasteiger partial charge in [-0.2, -0.15) is 0 Å². The second-order valence-corrected chi connectivity index (χ2v) is 5.47. The van der Waals surface area contributed by atoms with E-state index < -0.39 is 0 Å². The van der Waals surface area contributed by atoms with Crippen LogP contribution >= 0.6 is 11.3 Å². The van der Waals surface area contributed by atoms with Crippen LogP contribution in [0.3, 0.4) is 0 Å². The molecule has 1 amide bonds. The van der Waals surface area contributed by atoms with Crippen molar-refractivity contribution in [3.8, 4) is 0 Å². The smallest absolute Gasteiger partial charge is 0.263 e. The summed E-state index contributed by atoms with van der Waals surface area (Å²) in [6.07, 6.45) is 3.83. The van der Waals surface area contributed by atoms with E-state index in [2.05, 4.69) is 17.2 Å². The third-order valence-corrected chi connectivity index (χ3v) is 4.02. The number of carbonyl (C=O) groups excluding carboxylic acids is 1. The highest BCUT2D eigenvalue weighted by Crippen LogP contribution is 2.31. The third kappa shape index (κ3) is 3.46. The fraction of sp³-hybridized carbons (Fsp3) is 0.429. The molecule has 0 aromatic carbocycles. The molecule has 0 aliphatic carbocycles. The number of thiophene rings is 1. The highest BCUT2D eigenvalue weighted by Gasteiger charge is 2.16. The van der Waals surface area contributed by atoms with Crippen LogP contribution in [0.25, 0.3) is 10.2 Å². The monoisotopic (exact) mass is 293 g/mol. The normalized spacial score (nSPS) is 10.8. The Bertz CT molecular complexity index is 583. The van der Waals surface area contributed by atoms with Crippen LogP contribution in [-0.2, 0) is 4.74 Å². The minimum absolute atomic E-state index is 0.162. The van der Waals surface area contributed by atoms with Gasteiger partial charge in [-0.1, -0.05) is 13.3 Å². The van der Waals surface area contributed by atoms with Crippen LogP contribution in [0.1, 0.15) is 29.4 Å². The summed E-state index contributed by atoms with van der Waals surface area (Å²) >= 11 is 1.36. The molecule has 108 valence electrons. The molecule has 2 rings (SSSR count). The summed E-state index contributed by atoms with van der Waals surface area (Å²) in [4.78, 5) is 16.8. The van der Waals surface area contributed by atoms with Crippen molar-refractivity contribution in [1.29, 1.82) is 0 Å². The number of hydrogen-bond donors (Lipinski definition) is 2. The zero-order valence-corrected chi connectivity index (χ0v) is 12.3. The molecule has 20 heavy (non-hydrogen) atoms. The molecule has 0 bridgehead atoms. The number of nitrogens with two attached hydrogens (primary N) is 1. The molecule has 0 aliphatic rings. The lowest BCUT2D eigenvalue weighted by atomic mass is 10.3. The summed E-state index contributed by atoms with van der Waals surface area (Å²) in [5.41, 5.74) is 7.12. The van der Waals surface area contributed by atoms with Gasteiger partial charge >= 0.3 is 0 Å². The molecule has 0 saturated heterocycles. The first kappa shape index (κ1) is 14.7. The Kier molecular flexibility index (Phi) is 5.31. The van der Waals surface area contributed by atoms with Crippen molar-refractivity contribution in [2.24, 2.45) is 0 Å². The number of unbranched alkanes of at least 4 members (excludes halogenated alkanes) is 1. The van der Waals surface area contributed by atoms with E-state index in [-0.39, 0.29) is 5.91 Å². The molecule has 0 fully saturated rings. The number of amides is 1. The standard InChI is InChI=1S/C14H19N3O2S/c1-2-3-8-19-9-7-17-14(18)13-11(15)12-10(20-13)5-4-6-16-12/h4-6H,2-3,7-9,15H2,1H3,(H,17,18). The minimum atomic E-state index is -0.162. The number of anilines is 1. The van der Waals surface area contributed by atoms with E-state index in [9.17, 15) is 4.79 Å². The number of ether oxygens (including phenoxy) is 1. The Labute approximate surface area is 122 Å². The molecule has 3 N–H and O–H groups in total. The van der Waals surface area contributed by atoms with E-state index >= 15 is 0 Å². The maximum absolute atomic E-state index is 12.1. The van der Waals surface area contributed by atoms with Crippen molar-refractivity contribution in [3.63, 3.8) is 0 Å². The van der Waals surface area contributed by atoms with Crippen LogP contribution in [-0.4, -0.2) is 30.6 Å². The molecule has 0 radical (unpaired) electrons. The number of pyridine rings is 1. The Morgan fingerprint density at radius 2 is 2.35 bits per heavy atom. The lowest BCUT2D eigenvalue weighted by Crippen LogP contribution is -2.27. The minimum Gasteiger partial charge on any atom is -0.396 e. The Balaban J connectivity index is 1.89. The molecular weight excluding hydrogens is 274 g/mol. The van der Waals surface area contributed by atoms with E-state index in [0.29, 0.717) is 29.2 Å². The second-order valence-electron chi connectivity index (χ2n) is 4.42. The maximum atomic E-state index is 12.1. The summed E-state index contributed by atoms with van der Waals surface area (Å²) in [5, 5.41) is 2.82. The Morgan fingerprint density at radius 1 is 1.50 bits per heavy atom. The molecular formula is C14H19N3O2S. The molecule has 0 atom stereocenters. The third-order valence-electron chi connectivity index (χ3n) is 2.86. The number of rotatable bonds is 7. The fourth-order valence-corrected chi connectivity index (χ4v) is 2.78. The number of carbonyl (C=O) groups is 1. The molecule has 5 nitrogen and oxygen atoms in total. The number of nitrogen functional groups attached to an aromatic ring is 1. The predicted molar refractivity (Wildman–Crippen MR) is 82.1 cm³/mol. The van der Waals surface area contributed by atoms with Crippen LogP contribution in [0.2, 0.25) is 0 Å². The van der Waals surface area contributed by atoms with Crippen molar-refractivity contribution in [2.45, 2.75) is 19.8 Å². The molecule has 0 saturated carbocycles. The zero-order valence-electron chi connectivity index (χ0n) is 11.5. The largest absolute Gasteiger partial charge is 0.396 e. The molecule has 2 heterocycles. The maximum Gasteiger partial charge on any atom is 0.263 e. The lowest BCUT2D eigenvalue weighted by Gasteiger charge is -2.05. The van der Waals surface area contributed by atoms with Gasteiger partial charge in [0.05, 0.1) is 17.0 Å². The first-order valence-corrected chi connectivity index (χ1v) is 7.54. The lowest BCUT2D eigenvalue weighted by molar-refractivity contribution is 0.0917. The average molecular weight is 293 g/mol. The van der Waals surface area contributed by atoms with Crippen molar-refractivity contribution in [1.82, 2.24) is 10.3 Å². The van der Waals surface area contributed by atoms with Crippen molar-refractivity contribution in [2.75, 3.05) is 25.5 Å². The van der Waals surface area contributed by atoms with Crippen LogP contribution in [0.5, 0.6) is 0 Å². The van der Waals surface area contributed by atoms with E-state index in [4.69, 9.17) is 10.5 Å². The van der Waals surface area contributed by atoms with Crippen LogP contribution in [0.15, 0.2) is 18.3 Å². The second kappa shape index (κ2) is 7.21. The van der Waals surface area contributed by atoms with Crippen LogP contribution < -0.4 is 11.1 Å². The van der Waals surface area contributed by atoms with E-state index in [1.807, 2.05) is 12.1 Å². The van der Waals surface area contributed by atoms with Gasteiger partial charge in [0.2, 0.25) is 0 Å². The summed E-state index contributed by atoms with van der Waals surface area (Å²) in [6, 6.07) is 3.75. The fourth-order valence-electron chi connectivity index (χ4n) is 1.78. The molecule has 2 aromatic rings. The van der Waals surface area contributed by atoms with Gasteiger partial charge in [-0.15, -0.1) is 11.3 Å². The van der Waals surface area contributed by atoms with Crippen molar-refractivity contribution >= 4 is 33.1 Å². The van der Waals surface area contributed by atoms with E-state index in [0.717, 1.165) is 24.1 Å². The van der Waals surface area contributed by atoms with Gasteiger partial charge in [0.1, 0.15) is 10.4 Å². The number of nitrogens with one attached hydrogen (secondary N) is 1. The van der Waals surface area contributed by atoms with Gasteiger partial charge in [0.25, 0.3) is 5.91 Å². The molecule has 0 aliphatic heterocycles. The summed E-state index contributed by atoms with van der Waals surface area (Å²) in [7, 11) is 0. The quantitative estimate of drug-likeness (QED) is 0.769. The van der Waals surface area contributed by atoms with Crippen LogP contribution in [0, 0.1) is 0 Å². The molecule has 6 heteroatoms. The Morgan fingerprint density at radius 3 is 3.10 bits per heavy atom. The highest BCUT2D eigenvalue weighted by molar-refractivity contribution is 7.21.